The van der Waals surface area contributed by atoms with Crippen LogP contribution in [0.2, 0.25) is 0 Å². The first-order chi connectivity index (χ1) is 6.81. The molecule has 1 aromatic rings. The Balaban J connectivity index is 2.23. The van der Waals surface area contributed by atoms with Gasteiger partial charge in [0.25, 0.3) is 0 Å². The Morgan fingerprint density at radius 3 is 2.64 bits per heavy atom. The molecule has 0 aliphatic carbocycles. The van der Waals surface area contributed by atoms with Crippen LogP contribution in [-0.4, -0.2) is 13.1 Å². The van der Waals surface area contributed by atoms with Crippen LogP contribution in [0.25, 0.3) is 0 Å². The number of hydrogen-bond acceptors (Lipinski definition) is 2. The van der Waals surface area contributed by atoms with E-state index in [0.29, 0.717) is 5.92 Å². The maximum Gasteiger partial charge on any atom is 0.0676 e. The summed E-state index contributed by atoms with van der Waals surface area (Å²) >= 11 is 2.29. The highest BCUT2D eigenvalue weighted by Gasteiger charge is 2.27. The zero-order valence-electron chi connectivity index (χ0n) is 7.70. The average molecular weight is 298 g/mol. The molecule has 0 aromatic heterocycles. The number of halogens is 1. The van der Waals surface area contributed by atoms with Gasteiger partial charge in [-0.05, 0) is 40.3 Å². The van der Waals surface area contributed by atoms with Crippen molar-refractivity contribution >= 4 is 22.6 Å². The molecule has 1 aliphatic heterocycles. The minimum absolute atomic E-state index is 0.134. The number of nitrogens with zero attached hydrogens (tertiary/aromatic N) is 1. The molecule has 1 heterocycles. The highest BCUT2D eigenvalue weighted by Crippen LogP contribution is 2.27. The van der Waals surface area contributed by atoms with Crippen molar-refractivity contribution in [1.82, 2.24) is 5.32 Å². The van der Waals surface area contributed by atoms with Gasteiger partial charge in [0.05, 0.1) is 12.0 Å². The molecule has 1 aromatic carbocycles. The van der Waals surface area contributed by atoms with Crippen LogP contribution in [0.3, 0.4) is 0 Å². The van der Waals surface area contributed by atoms with Crippen molar-refractivity contribution in [3.8, 4) is 6.07 Å². The number of nitrogens with one attached hydrogen (secondary N) is 1. The summed E-state index contributed by atoms with van der Waals surface area (Å²) in [5.41, 5.74) is 1.28. The molecular formula is C11H11IN2. The first-order valence-electron chi connectivity index (χ1n) is 4.67. The Morgan fingerprint density at radius 1 is 1.29 bits per heavy atom. The van der Waals surface area contributed by atoms with Gasteiger partial charge in [0.1, 0.15) is 0 Å². The predicted molar refractivity (Wildman–Crippen MR) is 63.9 cm³/mol. The number of nitriles is 1. The van der Waals surface area contributed by atoms with Crippen molar-refractivity contribution in [2.75, 3.05) is 13.1 Å². The van der Waals surface area contributed by atoms with Gasteiger partial charge < -0.3 is 5.32 Å². The molecule has 1 fully saturated rings. The molecule has 0 amide bonds. The van der Waals surface area contributed by atoms with Crippen molar-refractivity contribution < 1.29 is 0 Å². The number of rotatable bonds is 1. The Kier molecular flexibility index (Phi) is 3.04. The molecule has 0 unspecified atom stereocenters. The molecule has 1 N–H and O–H groups in total. The molecule has 2 nitrogen and oxygen atoms in total. The molecule has 0 saturated carbocycles. The van der Waals surface area contributed by atoms with E-state index in [9.17, 15) is 0 Å². The van der Waals surface area contributed by atoms with E-state index in [-0.39, 0.29) is 5.92 Å². The second-order valence-electron chi connectivity index (χ2n) is 3.55. The lowest BCUT2D eigenvalue weighted by Crippen LogP contribution is -2.08. The molecule has 2 rings (SSSR count). The lowest BCUT2D eigenvalue weighted by molar-refractivity contribution is 0.646. The summed E-state index contributed by atoms with van der Waals surface area (Å²) in [5, 5.41) is 12.2. The van der Waals surface area contributed by atoms with Gasteiger partial charge in [0.15, 0.2) is 0 Å². The monoisotopic (exact) mass is 298 g/mol. The Labute approximate surface area is 97.5 Å². The molecule has 0 spiro atoms. The third kappa shape index (κ3) is 1.91. The lowest BCUT2D eigenvalue weighted by Gasteiger charge is -2.12. The SMILES string of the molecule is N#C[C@@H]1CNC[C@H]1c1ccc(I)cc1. The number of benzene rings is 1. The smallest absolute Gasteiger partial charge is 0.0676 e. The molecule has 72 valence electrons. The van der Waals surface area contributed by atoms with Gasteiger partial charge in [0, 0.05) is 22.6 Å². The van der Waals surface area contributed by atoms with E-state index in [2.05, 4.69) is 58.2 Å². The molecule has 1 saturated heterocycles. The van der Waals surface area contributed by atoms with Crippen LogP contribution in [0.5, 0.6) is 0 Å². The van der Waals surface area contributed by atoms with E-state index in [1.807, 2.05) is 0 Å². The maximum absolute atomic E-state index is 8.96. The lowest BCUT2D eigenvalue weighted by atomic mass is 9.90. The molecule has 0 bridgehead atoms. The van der Waals surface area contributed by atoms with Gasteiger partial charge in [-0.1, -0.05) is 12.1 Å². The molecule has 3 heteroatoms. The first kappa shape index (κ1) is 9.94. The minimum Gasteiger partial charge on any atom is -0.315 e. The predicted octanol–water partition coefficient (Wildman–Crippen LogP) is 2.12. The van der Waals surface area contributed by atoms with Crippen molar-refractivity contribution in [1.29, 1.82) is 5.26 Å². The molecule has 14 heavy (non-hydrogen) atoms. The van der Waals surface area contributed by atoms with E-state index < -0.39 is 0 Å². The van der Waals surface area contributed by atoms with Crippen molar-refractivity contribution in [3.05, 3.63) is 33.4 Å². The van der Waals surface area contributed by atoms with E-state index in [1.165, 1.54) is 9.13 Å². The zero-order chi connectivity index (χ0) is 9.97. The highest BCUT2D eigenvalue weighted by molar-refractivity contribution is 14.1. The van der Waals surface area contributed by atoms with Crippen LogP contribution >= 0.6 is 22.6 Å². The Morgan fingerprint density at radius 2 is 2.00 bits per heavy atom. The molecular weight excluding hydrogens is 287 g/mol. The Bertz CT molecular complexity index is 353. The quantitative estimate of drug-likeness (QED) is 0.806. The van der Waals surface area contributed by atoms with Gasteiger partial charge in [-0.15, -0.1) is 0 Å². The third-order valence-electron chi connectivity index (χ3n) is 2.68. The normalized spacial score (nSPS) is 26.0. The standard InChI is InChI=1S/C11H11IN2/c12-10-3-1-8(2-4-10)11-7-14-6-9(11)5-13/h1-4,9,11,14H,6-7H2/t9-,11+/m1/s1. The first-order valence-corrected chi connectivity index (χ1v) is 5.75. The van der Waals surface area contributed by atoms with E-state index >= 15 is 0 Å². The molecule has 0 radical (unpaired) electrons. The third-order valence-corrected chi connectivity index (χ3v) is 3.40. The summed E-state index contributed by atoms with van der Waals surface area (Å²) in [7, 11) is 0. The summed E-state index contributed by atoms with van der Waals surface area (Å²) in [5.74, 6) is 0.507. The fraction of sp³-hybridized carbons (Fsp3) is 0.364. The number of hydrogen-bond donors (Lipinski definition) is 1. The van der Waals surface area contributed by atoms with Crippen LogP contribution < -0.4 is 5.32 Å². The second-order valence-corrected chi connectivity index (χ2v) is 4.80. The Hall–Kier alpha value is -0.600. The van der Waals surface area contributed by atoms with Crippen LogP contribution in [0.1, 0.15) is 11.5 Å². The van der Waals surface area contributed by atoms with Crippen molar-refractivity contribution in [2.24, 2.45) is 5.92 Å². The fourth-order valence-corrected chi connectivity index (χ4v) is 2.23. The summed E-state index contributed by atoms with van der Waals surface area (Å²) in [4.78, 5) is 0. The summed E-state index contributed by atoms with van der Waals surface area (Å²) in [6.07, 6.45) is 0. The van der Waals surface area contributed by atoms with E-state index in [0.717, 1.165) is 13.1 Å². The van der Waals surface area contributed by atoms with E-state index in [1.54, 1.807) is 0 Å². The van der Waals surface area contributed by atoms with Gasteiger partial charge in [-0.25, -0.2) is 0 Å². The average Bonchev–Trinajstić information content (AvgIpc) is 2.67. The van der Waals surface area contributed by atoms with E-state index in [4.69, 9.17) is 5.26 Å². The summed E-state index contributed by atoms with van der Waals surface area (Å²) in [6, 6.07) is 10.8. The highest BCUT2D eigenvalue weighted by atomic mass is 127. The minimum atomic E-state index is 0.134. The van der Waals surface area contributed by atoms with Gasteiger partial charge in [0.2, 0.25) is 0 Å². The zero-order valence-corrected chi connectivity index (χ0v) is 9.86. The topological polar surface area (TPSA) is 35.8 Å². The van der Waals surface area contributed by atoms with Crippen molar-refractivity contribution in [3.63, 3.8) is 0 Å². The summed E-state index contributed by atoms with van der Waals surface area (Å²) < 4.78 is 1.24. The molecule has 2 atom stereocenters. The van der Waals surface area contributed by atoms with Crippen molar-refractivity contribution in [2.45, 2.75) is 5.92 Å². The second kappa shape index (κ2) is 4.28. The van der Waals surface area contributed by atoms with Crippen LogP contribution in [-0.2, 0) is 0 Å². The van der Waals surface area contributed by atoms with Gasteiger partial charge >= 0.3 is 0 Å². The summed E-state index contributed by atoms with van der Waals surface area (Å²) in [6.45, 7) is 1.76. The maximum atomic E-state index is 8.96. The van der Waals surface area contributed by atoms with Crippen LogP contribution in [0, 0.1) is 20.8 Å². The van der Waals surface area contributed by atoms with Gasteiger partial charge in [-0.2, -0.15) is 5.26 Å². The fourth-order valence-electron chi connectivity index (χ4n) is 1.87. The largest absolute Gasteiger partial charge is 0.315 e. The van der Waals surface area contributed by atoms with Crippen LogP contribution in [0.4, 0.5) is 0 Å². The van der Waals surface area contributed by atoms with Gasteiger partial charge in [-0.3, -0.25) is 0 Å². The van der Waals surface area contributed by atoms with Crippen LogP contribution in [0.15, 0.2) is 24.3 Å². The molecule has 1 aliphatic rings.